The number of nitrogens with zero attached hydrogens (tertiary/aromatic N) is 4. The van der Waals surface area contributed by atoms with Crippen LogP contribution in [0, 0.1) is 0 Å². The highest BCUT2D eigenvalue weighted by Gasteiger charge is 2.13. The van der Waals surface area contributed by atoms with Gasteiger partial charge in [-0.05, 0) is 30.2 Å². The van der Waals surface area contributed by atoms with Crippen LogP contribution in [0.15, 0.2) is 52.2 Å². The van der Waals surface area contributed by atoms with Gasteiger partial charge < -0.3 is 15.2 Å². The number of rotatable bonds is 7. The topological polar surface area (TPSA) is 80.3 Å². The standard InChI is InChI=1S/C20H26N6O/c1-4-18-17(19(5-2)27-25-18)14-23-20(21-3)22-13-15-7-9-16(10-8-15)26-12-6-11-24-26/h6-12H,4-5,13-14H2,1-3H3,(H2,21,22,23). The molecule has 0 aliphatic rings. The Morgan fingerprint density at radius 2 is 1.89 bits per heavy atom. The third-order valence-electron chi connectivity index (χ3n) is 4.43. The normalized spacial score (nSPS) is 11.6. The molecule has 0 spiro atoms. The van der Waals surface area contributed by atoms with Crippen LogP contribution in [-0.4, -0.2) is 27.9 Å². The largest absolute Gasteiger partial charge is 0.361 e. The van der Waals surface area contributed by atoms with Gasteiger partial charge in [0.05, 0.1) is 11.4 Å². The summed E-state index contributed by atoms with van der Waals surface area (Å²) < 4.78 is 7.26. The highest BCUT2D eigenvalue weighted by molar-refractivity contribution is 5.79. The maximum Gasteiger partial charge on any atom is 0.191 e. The van der Waals surface area contributed by atoms with Crippen molar-refractivity contribution in [3.8, 4) is 5.69 Å². The first kappa shape index (κ1) is 18.7. The zero-order valence-corrected chi connectivity index (χ0v) is 16.1. The van der Waals surface area contributed by atoms with E-state index in [1.165, 1.54) is 5.56 Å². The summed E-state index contributed by atoms with van der Waals surface area (Å²) >= 11 is 0. The molecule has 0 bridgehead atoms. The van der Waals surface area contributed by atoms with Gasteiger partial charge in [0.15, 0.2) is 5.96 Å². The first-order valence-electron chi connectivity index (χ1n) is 9.24. The Kier molecular flexibility index (Phi) is 6.25. The van der Waals surface area contributed by atoms with Crippen LogP contribution in [0.1, 0.15) is 36.4 Å². The van der Waals surface area contributed by atoms with Crippen molar-refractivity contribution in [3.63, 3.8) is 0 Å². The Bertz CT molecular complexity index is 843. The van der Waals surface area contributed by atoms with Crippen LogP contribution in [0.3, 0.4) is 0 Å². The number of aliphatic imine (C=N–C) groups is 1. The maximum absolute atomic E-state index is 5.42. The van der Waals surface area contributed by atoms with E-state index < -0.39 is 0 Å². The third-order valence-corrected chi connectivity index (χ3v) is 4.43. The molecule has 0 atom stereocenters. The molecule has 2 heterocycles. The quantitative estimate of drug-likeness (QED) is 0.496. The molecule has 27 heavy (non-hydrogen) atoms. The molecule has 0 aliphatic carbocycles. The molecule has 0 saturated carbocycles. The van der Waals surface area contributed by atoms with Crippen molar-refractivity contribution in [2.24, 2.45) is 4.99 Å². The molecule has 3 rings (SSSR count). The summed E-state index contributed by atoms with van der Waals surface area (Å²) in [4.78, 5) is 4.30. The third kappa shape index (κ3) is 4.55. The van der Waals surface area contributed by atoms with Gasteiger partial charge in [0, 0.05) is 44.5 Å². The lowest BCUT2D eigenvalue weighted by molar-refractivity contribution is 0.380. The average molecular weight is 366 g/mol. The van der Waals surface area contributed by atoms with Crippen LogP contribution >= 0.6 is 0 Å². The number of benzene rings is 1. The Morgan fingerprint density at radius 3 is 2.52 bits per heavy atom. The lowest BCUT2D eigenvalue weighted by Crippen LogP contribution is -2.36. The summed E-state index contributed by atoms with van der Waals surface area (Å²) in [5.74, 6) is 1.68. The zero-order chi connectivity index (χ0) is 19.1. The molecule has 1 aromatic carbocycles. The summed E-state index contributed by atoms with van der Waals surface area (Å²) in [7, 11) is 1.77. The molecular weight excluding hydrogens is 340 g/mol. The van der Waals surface area contributed by atoms with Crippen molar-refractivity contribution in [2.45, 2.75) is 39.8 Å². The van der Waals surface area contributed by atoms with E-state index in [1.54, 1.807) is 13.2 Å². The van der Waals surface area contributed by atoms with Crippen LogP contribution in [0.25, 0.3) is 5.69 Å². The smallest absolute Gasteiger partial charge is 0.191 e. The minimum absolute atomic E-state index is 0.647. The first-order chi connectivity index (χ1) is 13.2. The Morgan fingerprint density at radius 1 is 1.11 bits per heavy atom. The number of nitrogens with one attached hydrogen (secondary N) is 2. The summed E-state index contributed by atoms with van der Waals surface area (Å²) in [6.45, 7) is 5.49. The Balaban J connectivity index is 1.56. The van der Waals surface area contributed by atoms with Crippen molar-refractivity contribution in [2.75, 3.05) is 7.05 Å². The van der Waals surface area contributed by atoms with Crippen LogP contribution in [-0.2, 0) is 25.9 Å². The summed E-state index contributed by atoms with van der Waals surface area (Å²) in [6, 6.07) is 10.2. The Hall–Kier alpha value is -3.09. The molecule has 7 nitrogen and oxygen atoms in total. The van der Waals surface area contributed by atoms with Gasteiger partial charge in [-0.25, -0.2) is 4.68 Å². The molecule has 0 amide bonds. The number of aryl methyl sites for hydroxylation is 2. The lowest BCUT2D eigenvalue weighted by Gasteiger charge is -2.12. The molecule has 3 aromatic rings. The van der Waals surface area contributed by atoms with E-state index in [1.807, 2.05) is 16.9 Å². The predicted molar refractivity (Wildman–Crippen MR) is 106 cm³/mol. The van der Waals surface area contributed by atoms with Gasteiger partial charge in [-0.3, -0.25) is 4.99 Å². The van der Waals surface area contributed by atoms with Gasteiger partial charge in [-0.2, -0.15) is 5.10 Å². The van der Waals surface area contributed by atoms with Crippen LogP contribution in [0.4, 0.5) is 0 Å². The van der Waals surface area contributed by atoms with Crippen molar-refractivity contribution >= 4 is 5.96 Å². The van der Waals surface area contributed by atoms with E-state index in [2.05, 4.69) is 64.0 Å². The average Bonchev–Trinajstić information content (AvgIpc) is 3.38. The van der Waals surface area contributed by atoms with Gasteiger partial charge in [0.2, 0.25) is 0 Å². The van der Waals surface area contributed by atoms with Crippen molar-refractivity contribution in [1.29, 1.82) is 0 Å². The lowest BCUT2D eigenvalue weighted by atomic mass is 10.1. The molecule has 7 heteroatoms. The van der Waals surface area contributed by atoms with E-state index in [0.717, 1.165) is 41.5 Å². The Labute approximate surface area is 159 Å². The number of hydrogen-bond donors (Lipinski definition) is 2. The summed E-state index contributed by atoms with van der Waals surface area (Å²) in [5.41, 5.74) is 4.34. The van der Waals surface area contributed by atoms with E-state index >= 15 is 0 Å². The maximum atomic E-state index is 5.42. The molecule has 0 unspecified atom stereocenters. The molecule has 0 saturated heterocycles. The monoisotopic (exact) mass is 366 g/mol. The highest BCUT2D eigenvalue weighted by Crippen LogP contribution is 2.15. The van der Waals surface area contributed by atoms with E-state index in [9.17, 15) is 0 Å². The molecule has 0 fully saturated rings. The molecular formula is C20H26N6O. The number of hydrogen-bond acceptors (Lipinski definition) is 4. The second kappa shape index (κ2) is 9.02. The minimum atomic E-state index is 0.647. The molecule has 0 radical (unpaired) electrons. The molecule has 142 valence electrons. The van der Waals surface area contributed by atoms with Crippen LogP contribution < -0.4 is 10.6 Å². The summed E-state index contributed by atoms with van der Waals surface area (Å²) in [5, 5.41) is 15.1. The first-order valence-corrected chi connectivity index (χ1v) is 9.24. The second-order valence-electron chi connectivity index (χ2n) is 6.13. The summed E-state index contributed by atoms with van der Waals surface area (Å²) in [6.07, 6.45) is 5.39. The van der Waals surface area contributed by atoms with Crippen molar-refractivity contribution in [3.05, 3.63) is 65.3 Å². The highest BCUT2D eigenvalue weighted by atomic mass is 16.5. The van der Waals surface area contributed by atoms with E-state index in [-0.39, 0.29) is 0 Å². The number of aromatic nitrogens is 3. The van der Waals surface area contributed by atoms with Crippen LogP contribution in [0.5, 0.6) is 0 Å². The molecule has 2 aromatic heterocycles. The van der Waals surface area contributed by atoms with Gasteiger partial charge >= 0.3 is 0 Å². The molecule has 0 aliphatic heterocycles. The second-order valence-corrected chi connectivity index (χ2v) is 6.13. The van der Waals surface area contributed by atoms with Crippen LogP contribution in [0.2, 0.25) is 0 Å². The minimum Gasteiger partial charge on any atom is -0.361 e. The van der Waals surface area contributed by atoms with Gasteiger partial charge in [0.1, 0.15) is 5.76 Å². The van der Waals surface area contributed by atoms with Gasteiger partial charge in [-0.1, -0.05) is 31.1 Å². The van der Waals surface area contributed by atoms with Crippen molar-refractivity contribution in [1.82, 2.24) is 25.6 Å². The SMILES string of the molecule is CCc1noc(CC)c1CNC(=NC)NCc1ccc(-n2cccn2)cc1. The van der Waals surface area contributed by atoms with E-state index in [4.69, 9.17) is 4.52 Å². The van der Waals surface area contributed by atoms with E-state index in [0.29, 0.717) is 13.1 Å². The van der Waals surface area contributed by atoms with Crippen molar-refractivity contribution < 1.29 is 4.52 Å². The fraction of sp³-hybridized carbons (Fsp3) is 0.350. The fourth-order valence-corrected chi connectivity index (χ4v) is 2.90. The van der Waals surface area contributed by atoms with Gasteiger partial charge in [-0.15, -0.1) is 0 Å². The number of guanidine groups is 1. The zero-order valence-electron chi connectivity index (χ0n) is 16.1. The predicted octanol–water partition coefficient (Wildman–Crippen LogP) is 2.85. The van der Waals surface area contributed by atoms with Gasteiger partial charge in [0.25, 0.3) is 0 Å². The molecule has 2 N–H and O–H groups in total. The fourth-order valence-electron chi connectivity index (χ4n) is 2.90.